The van der Waals surface area contributed by atoms with Crippen LogP contribution in [0.2, 0.25) is 10.0 Å². The van der Waals surface area contributed by atoms with Crippen LogP contribution in [0.5, 0.6) is 5.75 Å². The molecular weight excluding hydrogens is 295 g/mol. The molecule has 0 saturated carbocycles. The molecule has 0 atom stereocenters. The van der Waals surface area contributed by atoms with E-state index in [2.05, 4.69) is 0 Å². The molecule has 0 saturated heterocycles. The molecule has 0 radical (unpaired) electrons. The van der Waals surface area contributed by atoms with E-state index in [1.807, 2.05) is 19.1 Å². The number of halogens is 2. The van der Waals surface area contributed by atoms with Crippen LogP contribution >= 0.6 is 23.2 Å². The Morgan fingerprint density at radius 1 is 1.15 bits per heavy atom. The van der Waals surface area contributed by atoms with Crippen molar-refractivity contribution in [2.75, 3.05) is 7.11 Å². The number of carbonyl (C=O) groups excluding carboxylic acids is 1. The van der Waals surface area contributed by atoms with E-state index in [0.717, 1.165) is 5.56 Å². The van der Waals surface area contributed by atoms with Gasteiger partial charge in [0.1, 0.15) is 5.75 Å². The summed E-state index contributed by atoms with van der Waals surface area (Å²) in [6.07, 6.45) is 0.151. The average molecular weight is 309 g/mol. The third-order valence-corrected chi connectivity index (χ3v) is 3.76. The molecule has 0 heterocycles. The SMILES string of the molecule is COc1ccc(C)cc1C(=O)Cc1c(Cl)cccc1Cl. The third-order valence-electron chi connectivity index (χ3n) is 3.05. The number of rotatable bonds is 4. The van der Waals surface area contributed by atoms with E-state index in [1.165, 1.54) is 0 Å². The number of hydrogen-bond donors (Lipinski definition) is 0. The van der Waals surface area contributed by atoms with Gasteiger partial charge in [0, 0.05) is 16.5 Å². The first-order valence-corrected chi connectivity index (χ1v) is 6.89. The van der Waals surface area contributed by atoms with E-state index < -0.39 is 0 Å². The predicted molar refractivity (Wildman–Crippen MR) is 82.2 cm³/mol. The van der Waals surface area contributed by atoms with Crippen LogP contribution in [0, 0.1) is 6.92 Å². The molecule has 0 aliphatic rings. The molecule has 0 spiro atoms. The number of aryl methyl sites for hydroxylation is 1. The molecule has 20 heavy (non-hydrogen) atoms. The molecule has 2 aromatic rings. The molecule has 0 aromatic heterocycles. The highest BCUT2D eigenvalue weighted by Crippen LogP contribution is 2.28. The number of methoxy groups -OCH3 is 1. The minimum atomic E-state index is -0.0689. The molecule has 0 amide bonds. The molecule has 2 aromatic carbocycles. The minimum Gasteiger partial charge on any atom is -0.496 e. The van der Waals surface area contributed by atoms with Gasteiger partial charge in [-0.2, -0.15) is 0 Å². The van der Waals surface area contributed by atoms with Crippen LogP contribution in [0.3, 0.4) is 0 Å². The van der Waals surface area contributed by atoms with Crippen LogP contribution in [0.4, 0.5) is 0 Å². The largest absolute Gasteiger partial charge is 0.496 e. The average Bonchev–Trinajstić information content (AvgIpc) is 2.43. The monoisotopic (exact) mass is 308 g/mol. The van der Waals surface area contributed by atoms with Crippen molar-refractivity contribution in [1.29, 1.82) is 0 Å². The van der Waals surface area contributed by atoms with E-state index in [0.29, 0.717) is 26.9 Å². The van der Waals surface area contributed by atoms with Crippen LogP contribution in [0.25, 0.3) is 0 Å². The van der Waals surface area contributed by atoms with E-state index in [-0.39, 0.29) is 12.2 Å². The lowest BCUT2D eigenvalue weighted by atomic mass is 10.0. The Morgan fingerprint density at radius 3 is 2.40 bits per heavy atom. The second kappa shape index (κ2) is 6.29. The summed E-state index contributed by atoms with van der Waals surface area (Å²) >= 11 is 12.2. The summed E-state index contributed by atoms with van der Waals surface area (Å²) in [5.41, 5.74) is 2.19. The van der Waals surface area contributed by atoms with Crippen molar-refractivity contribution in [3.05, 3.63) is 63.1 Å². The van der Waals surface area contributed by atoms with Gasteiger partial charge in [-0.15, -0.1) is 0 Å². The molecule has 0 fully saturated rings. The second-order valence-corrected chi connectivity index (χ2v) is 5.32. The van der Waals surface area contributed by atoms with Gasteiger partial charge < -0.3 is 4.74 Å². The molecule has 2 nitrogen and oxygen atoms in total. The highest BCUT2D eigenvalue weighted by Gasteiger charge is 2.16. The Kier molecular flexibility index (Phi) is 4.69. The molecule has 0 aliphatic heterocycles. The maximum atomic E-state index is 12.5. The first-order valence-electron chi connectivity index (χ1n) is 6.13. The van der Waals surface area contributed by atoms with Crippen molar-refractivity contribution < 1.29 is 9.53 Å². The quantitative estimate of drug-likeness (QED) is 0.763. The lowest BCUT2D eigenvalue weighted by molar-refractivity contribution is 0.0990. The van der Waals surface area contributed by atoms with Crippen molar-refractivity contribution in [2.45, 2.75) is 13.3 Å². The van der Waals surface area contributed by atoms with Gasteiger partial charge in [-0.05, 0) is 36.8 Å². The number of carbonyl (C=O) groups is 1. The lowest BCUT2D eigenvalue weighted by Gasteiger charge is -2.10. The number of hydrogen-bond acceptors (Lipinski definition) is 2. The van der Waals surface area contributed by atoms with Gasteiger partial charge in [0.25, 0.3) is 0 Å². The van der Waals surface area contributed by atoms with Gasteiger partial charge in [-0.3, -0.25) is 4.79 Å². The van der Waals surface area contributed by atoms with Gasteiger partial charge in [0.15, 0.2) is 5.78 Å². The molecule has 2 rings (SSSR count). The van der Waals surface area contributed by atoms with Crippen LogP contribution < -0.4 is 4.74 Å². The Bertz CT molecular complexity index is 631. The normalized spacial score (nSPS) is 10.4. The lowest BCUT2D eigenvalue weighted by Crippen LogP contribution is -2.07. The summed E-state index contributed by atoms with van der Waals surface area (Å²) in [5.74, 6) is 0.490. The Labute approximate surface area is 128 Å². The van der Waals surface area contributed by atoms with Gasteiger partial charge in [0.05, 0.1) is 12.7 Å². The Morgan fingerprint density at radius 2 is 1.80 bits per heavy atom. The fourth-order valence-electron chi connectivity index (χ4n) is 2.00. The predicted octanol–water partition coefficient (Wildman–Crippen LogP) is 4.74. The highest BCUT2D eigenvalue weighted by atomic mass is 35.5. The summed E-state index contributed by atoms with van der Waals surface area (Å²) < 4.78 is 5.23. The van der Waals surface area contributed by atoms with Crippen molar-refractivity contribution in [1.82, 2.24) is 0 Å². The molecular formula is C16H14Cl2O2. The molecule has 0 N–H and O–H groups in total. The second-order valence-electron chi connectivity index (χ2n) is 4.50. The number of ketones is 1. The zero-order valence-electron chi connectivity index (χ0n) is 11.2. The number of benzene rings is 2. The van der Waals surface area contributed by atoms with Crippen LogP contribution in [0.15, 0.2) is 36.4 Å². The van der Waals surface area contributed by atoms with E-state index in [1.54, 1.807) is 31.4 Å². The zero-order chi connectivity index (χ0) is 14.7. The molecule has 0 bridgehead atoms. The van der Waals surface area contributed by atoms with E-state index in [4.69, 9.17) is 27.9 Å². The fourth-order valence-corrected chi connectivity index (χ4v) is 2.53. The minimum absolute atomic E-state index is 0.0689. The summed E-state index contributed by atoms with van der Waals surface area (Å²) in [4.78, 5) is 12.5. The smallest absolute Gasteiger partial charge is 0.171 e. The molecule has 4 heteroatoms. The van der Waals surface area contributed by atoms with Gasteiger partial charge >= 0.3 is 0 Å². The topological polar surface area (TPSA) is 26.3 Å². The molecule has 0 unspecified atom stereocenters. The third kappa shape index (κ3) is 3.14. The Hall–Kier alpha value is -1.51. The first kappa shape index (κ1) is 14.9. The van der Waals surface area contributed by atoms with Gasteiger partial charge in [-0.25, -0.2) is 0 Å². The van der Waals surface area contributed by atoms with E-state index in [9.17, 15) is 4.79 Å². The maximum Gasteiger partial charge on any atom is 0.171 e. The number of ether oxygens (including phenoxy) is 1. The van der Waals surface area contributed by atoms with Crippen LogP contribution in [-0.4, -0.2) is 12.9 Å². The summed E-state index contributed by atoms with van der Waals surface area (Å²) in [7, 11) is 1.55. The van der Waals surface area contributed by atoms with Gasteiger partial charge in [-0.1, -0.05) is 40.9 Å². The summed E-state index contributed by atoms with van der Waals surface area (Å²) in [5, 5.41) is 0.995. The zero-order valence-corrected chi connectivity index (χ0v) is 12.8. The Balaban J connectivity index is 2.35. The van der Waals surface area contributed by atoms with Crippen molar-refractivity contribution >= 4 is 29.0 Å². The fraction of sp³-hybridized carbons (Fsp3) is 0.188. The first-order chi connectivity index (χ1) is 9.52. The molecule has 104 valence electrons. The molecule has 0 aliphatic carbocycles. The van der Waals surface area contributed by atoms with Crippen LogP contribution in [0.1, 0.15) is 21.5 Å². The van der Waals surface area contributed by atoms with Crippen molar-refractivity contribution in [3.63, 3.8) is 0 Å². The van der Waals surface area contributed by atoms with Crippen LogP contribution in [-0.2, 0) is 6.42 Å². The van der Waals surface area contributed by atoms with Crippen molar-refractivity contribution in [3.8, 4) is 5.75 Å². The summed E-state index contributed by atoms with van der Waals surface area (Å²) in [6, 6.07) is 10.7. The van der Waals surface area contributed by atoms with Gasteiger partial charge in [0.2, 0.25) is 0 Å². The highest BCUT2D eigenvalue weighted by molar-refractivity contribution is 6.36. The standard InChI is InChI=1S/C16H14Cl2O2/c1-10-6-7-16(20-2)12(8-10)15(19)9-11-13(17)4-3-5-14(11)18/h3-8H,9H2,1-2H3. The summed E-state index contributed by atoms with van der Waals surface area (Å²) in [6.45, 7) is 1.93. The number of Topliss-reactive ketones (excluding diaryl/α,β-unsaturated/α-hetero) is 1. The van der Waals surface area contributed by atoms with E-state index >= 15 is 0 Å². The van der Waals surface area contributed by atoms with Crippen molar-refractivity contribution in [2.24, 2.45) is 0 Å². The maximum absolute atomic E-state index is 12.5.